The number of nitrogens with one attached hydrogen (secondary N) is 2. The van der Waals surface area contributed by atoms with Crippen LogP contribution in [0.2, 0.25) is 5.02 Å². The van der Waals surface area contributed by atoms with Gasteiger partial charge in [0.05, 0.1) is 0 Å². The van der Waals surface area contributed by atoms with E-state index in [4.69, 9.17) is 11.6 Å². The van der Waals surface area contributed by atoms with Crippen LogP contribution in [-0.2, 0) is 17.9 Å². The molecule has 4 rings (SSSR count). The van der Waals surface area contributed by atoms with E-state index in [9.17, 15) is 9.59 Å². The van der Waals surface area contributed by atoms with Gasteiger partial charge in [-0.1, -0.05) is 35.9 Å². The van der Waals surface area contributed by atoms with E-state index in [0.29, 0.717) is 36.5 Å². The van der Waals surface area contributed by atoms with Crippen LogP contribution < -0.4 is 10.6 Å². The maximum Gasteiger partial charge on any atom is 0.319 e. The molecule has 134 valence electrons. The summed E-state index contributed by atoms with van der Waals surface area (Å²) in [5.74, 6) is 0.850. The Morgan fingerprint density at radius 2 is 1.77 bits per heavy atom. The van der Waals surface area contributed by atoms with Crippen LogP contribution in [0.1, 0.15) is 24.0 Å². The standard InChI is InChI=1S/C20H20ClN3O2/c21-16-5-1-13(2-6-16)11-22-20(26)23-17-7-3-14(4-8-17)12-24-18-9-15(18)10-19(24)25/h1-8,15,18H,9-12H2,(H2,22,23,26). The van der Waals surface area contributed by atoms with E-state index in [1.807, 2.05) is 41.3 Å². The van der Waals surface area contributed by atoms with Crippen molar-refractivity contribution < 1.29 is 9.59 Å². The lowest BCUT2D eigenvalue weighted by atomic mass is 10.2. The zero-order valence-corrected chi connectivity index (χ0v) is 15.0. The first-order valence-electron chi connectivity index (χ1n) is 8.76. The molecule has 2 aromatic rings. The molecule has 1 heterocycles. The highest BCUT2D eigenvalue weighted by atomic mass is 35.5. The molecule has 0 aromatic heterocycles. The molecule has 0 spiro atoms. The maximum absolute atomic E-state index is 12.0. The van der Waals surface area contributed by atoms with Gasteiger partial charge in [0, 0.05) is 36.3 Å². The van der Waals surface area contributed by atoms with Crippen molar-refractivity contribution in [2.45, 2.75) is 32.0 Å². The fraction of sp³-hybridized carbons (Fsp3) is 0.300. The molecule has 2 N–H and O–H groups in total. The molecule has 2 aliphatic rings. The molecule has 0 bridgehead atoms. The minimum absolute atomic E-state index is 0.259. The Labute approximate surface area is 157 Å². The van der Waals surface area contributed by atoms with Gasteiger partial charge in [0.2, 0.25) is 5.91 Å². The van der Waals surface area contributed by atoms with Crippen molar-refractivity contribution >= 4 is 29.2 Å². The van der Waals surface area contributed by atoms with Crippen molar-refractivity contribution in [3.63, 3.8) is 0 Å². The fourth-order valence-corrected chi connectivity index (χ4v) is 3.54. The lowest BCUT2D eigenvalue weighted by molar-refractivity contribution is -0.129. The molecule has 2 aromatic carbocycles. The SMILES string of the molecule is O=C(NCc1ccc(Cl)cc1)Nc1ccc(CN2C(=O)CC3CC32)cc1. The number of nitrogens with zero attached hydrogens (tertiary/aromatic N) is 1. The Kier molecular flexibility index (Phi) is 4.55. The van der Waals surface area contributed by atoms with E-state index in [1.165, 1.54) is 0 Å². The largest absolute Gasteiger partial charge is 0.335 e. The topological polar surface area (TPSA) is 61.4 Å². The molecule has 2 unspecified atom stereocenters. The number of hydrogen-bond acceptors (Lipinski definition) is 2. The fourth-order valence-electron chi connectivity index (χ4n) is 3.41. The summed E-state index contributed by atoms with van der Waals surface area (Å²) in [6, 6.07) is 15.2. The Bertz CT molecular complexity index is 820. The summed E-state index contributed by atoms with van der Waals surface area (Å²) in [4.78, 5) is 25.9. The number of carbonyl (C=O) groups is 2. The number of piperidine rings is 1. The minimum Gasteiger partial charge on any atom is -0.335 e. The summed E-state index contributed by atoms with van der Waals surface area (Å²) < 4.78 is 0. The summed E-state index contributed by atoms with van der Waals surface area (Å²) in [7, 11) is 0. The van der Waals surface area contributed by atoms with Gasteiger partial charge in [-0.2, -0.15) is 0 Å². The lowest BCUT2D eigenvalue weighted by Crippen LogP contribution is -2.28. The number of fused-ring (bicyclic) bond motifs is 1. The second-order valence-electron chi connectivity index (χ2n) is 6.92. The second-order valence-corrected chi connectivity index (χ2v) is 7.36. The third-order valence-corrected chi connectivity index (χ3v) is 5.23. The van der Waals surface area contributed by atoms with Crippen LogP contribution in [0.25, 0.3) is 0 Å². The van der Waals surface area contributed by atoms with Crippen molar-refractivity contribution in [1.29, 1.82) is 0 Å². The summed E-state index contributed by atoms with van der Waals surface area (Å²) in [5.41, 5.74) is 2.78. The Morgan fingerprint density at radius 1 is 1.08 bits per heavy atom. The molecule has 5 nitrogen and oxygen atoms in total. The van der Waals surface area contributed by atoms with Gasteiger partial charge in [-0.25, -0.2) is 4.79 Å². The van der Waals surface area contributed by atoms with Crippen LogP contribution in [0, 0.1) is 5.92 Å². The van der Waals surface area contributed by atoms with Crippen LogP contribution in [0.4, 0.5) is 10.5 Å². The number of anilines is 1. The molecule has 2 atom stereocenters. The zero-order valence-electron chi connectivity index (χ0n) is 14.2. The maximum atomic E-state index is 12.0. The van der Waals surface area contributed by atoms with Crippen LogP contribution >= 0.6 is 11.6 Å². The molecular weight excluding hydrogens is 350 g/mol. The Morgan fingerprint density at radius 3 is 2.42 bits per heavy atom. The van der Waals surface area contributed by atoms with Crippen LogP contribution in [0.15, 0.2) is 48.5 Å². The number of urea groups is 1. The first kappa shape index (κ1) is 16.9. The van der Waals surface area contributed by atoms with Gasteiger partial charge in [-0.3, -0.25) is 4.79 Å². The highest BCUT2D eigenvalue weighted by molar-refractivity contribution is 6.30. The molecule has 0 radical (unpaired) electrons. The lowest BCUT2D eigenvalue weighted by Gasteiger charge is -2.18. The summed E-state index contributed by atoms with van der Waals surface area (Å²) in [6.45, 7) is 1.09. The van der Waals surface area contributed by atoms with Gasteiger partial charge in [0.1, 0.15) is 0 Å². The van der Waals surface area contributed by atoms with Gasteiger partial charge in [-0.05, 0) is 47.7 Å². The molecule has 1 saturated heterocycles. The van der Waals surface area contributed by atoms with E-state index >= 15 is 0 Å². The number of hydrogen-bond donors (Lipinski definition) is 2. The number of likely N-dealkylation sites (tertiary alicyclic amines) is 1. The Balaban J connectivity index is 1.27. The predicted molar refractivity (Wildman–Crippen MR) is 101 cm³/mol. The van der Waals surface area contributed by atoms with Crippen molar-refractivity contribution in [2.75, 3.05) is 5.32 Å². The quantitative estimate of drug-likeness (QED) is 0.842. The van der Waals surface area contributed by atoms with Gasteiger partial charge in [-0.15, -0.1) is 0 Å². The van der Waals surface area contributed by atoms with Gasteiger partial charge in [0.25, 0.3) is 0 Å². The van der Waals surface area contributed by atoms with Crippen LogP contribution in [-0.4, -0.2) is 22.9 Å². The monoisotopic (exact) mass is 369 g/mol. The number of rotatable bonds is 5. The van der Waals surface area contributed by atoms with Crippen molar-refractivity contribution in [3.05, 3.63) is 64.7 Å². The second kappa shape index (κ2) is 7.00. The number of benzene rings is 2. The van der Waals surface area contributed by atoms with Crippen molar-refractivity contribution in [3.8, 4) is 0 Å². The number of carbonyl (C=O) groups excluding carboxylic acids is 2. The summed E-state index contributed by atoms with van der Waals surface area (Å²) in [5, 5.41) is 6.30. The van der Waals surface area contributed by atoms with Gasteiger partial charge in [0.15, 0.2) is 0 Å². The van der Waals surface area contributed by atoms with Crippen LogP contribution in [0.5, 0.6) is 0 Å². The average molecular weight is 370 g/mol. The smallest absolute Gasteiger partial charge is 0.319 e. The van der Waals surface area contributed by atoms with E-state index in [0.717, 1.165) is 23.2 Å². The average Bonchev–Trinajstić information content (AvgIpc) is 3.32. The first-order chi connectivity index (χ1) is 12.6. The minimum atomic E-state index is -0.261. The summed E-state index contributed by atoms with van der Waals surface area (Å²) >= 11 is 5.84. The highest BCUT2D eigenvalue weighted by Crippen LogP contribution is 2.45. The Hall–Kier alpha value is -2.53. The van der Waals surface area contributed by atoms with Crippen molar-refractivity contribution in [1.82, 2.24) is 10.2 Å². The van der Waals surface area contributed by atoms with E-state index in [1.54, 1.807) is 12.1 Å². The van der Waals surface area contributed by atoms with E-state index in [2.05, 4.69) is 10.6 Å². The molecular formula is C20H20ClN3O2. The van der Waals surface area contributed by atoms with E-state index < -0.39 is 0 Å². The van der Waals surface area contributed by atoms with Gasteiger partial charge < -0.3 is 15.5 Å². The zero-order chi connectivity index (χ0) is 18.1. The summed E-state index contributed by atoms with van der Waals surface area (Å²) in [6.07, 6.45) is 1.86. The molecule has 1 aliphatic carbocycles. The van der Waals surface area contributed by atoms with Crippen molar-refractivity contribution in [2.24, 2.45) is 5.92 Å². The third kappa shape index (κ3) is 3.83. The third-order valence-electron chi connectivity index (χ3n) is 4.97. The molecule has 26 heavy (non-hydrogen) atoms. The molecule has 1 aliphatic heterocycles. The number of amides is 3. The predicted octanol–water partition coefficient (Wildman–Crippen LogP) is 3.78. The normalized spacial score (nSPS) is 20.7. The molecule has 6 heteroatoms. The molecule has 1 saturated carbocycles. The van der Waals surface area contributed by atoms with Gasteiger partial charge >= 0.3 is 6.03 Å². The molecule has 3 amide bonds. The first-order valence-corrected chi connectivity index (χ1v) is 9.14. The highest BCUT2D eigenvalue weighted by Gasteiger charge is 2.51. The number of halogens is 1. The van der Waals surface area contributed by atoms with E-state index in [-0.39, 0.29) is 11.9 Å². The molecule has 2 fully saturated rings. The van der Waals surface area contributed by atoms with Crippen LogP contribution in [0.3, 0.4) is 0 Å².